The van der Waals surface area contributed by atoms with E-state index in [1.165, 1.54) is 0 Å². The highest BCUT2D eigenvalue weighted by Crippen LogP contribution is 2.23. The number of fused-ring (bicyclic) bond motifs is 1. The molecule has 2 N–H and O–H groups in total. The molecular formula is C19H24N2O5. The molecule has 1 aromatic rings. The fourth-order valence-corrected chi connectivity index (χ4v) is 2.76. The standard InChI is InChI=1S/C19H24N2O5/c1-19(2,3)10-8-14(18(25)26)20-15(22)9-11-21-16(23)12-6-4-5-7-13(12)17(21)24/h4-7,14H,8-11H2,1-3H3,(H,20,22)(H,25,26). The van der Waals surface area contributed by atoms with E-state index in [-0.39, 0.29) is 18.4 Å². The molecule has 0 radical (unpaired) electrons. The van der Waals surface area contributed by atoms with E-state index >= 15 is 0 Å². The summed E-state index contributed by atoms with van der Waals surface area (Å²) >= 11 is 0. The molecule has 0 spiro atoms. The van der Waals surface area contributed by atoms with Gasteiger partial charge in [-0.25, -0.2) is 4.79 Å². The number of carbonyl (C=O) groups is 4. The number of imide groups is 1. The number of aliphatic carboxylic acids is 1. The maximum atomic E-state index is 12.2. The van der Waals surface area contributed by atoms with E-state index in [2.05, 4.69) is 5.32 Å². The zero-order chi connectivity index (χ0) is 19.5. The molecule has 2 rings (SSSR count). The third-order valence-electron chi connectivity index (χ3n) is 4.26. The lowest BCUT2D eigenvalue weighted by molar-refractivity contribution is -0.142. The Balaban J connectivity index is 1.91. The third-order valence-corrected chi connectivity index (χ3v) is 4.26. The largest absolute Gasteiger partial charge is 0.480 e. The molecule has 0 aliphatic carbocycles. The summed E-state index contributed by atoms with van der Waals surface area (Å²) < 4.78 is 0. The lowest BCUT2D eigenvalue weighted by Gasteiger charge is -2.22. The van der Waals surface area contributed by atoms with Crippen LogP contribution in [0.2, 0.25) is 0 Å². The maximum Gasteiger partial charge on any atom is 0.326 e. The molecular weight excluding hydrogens is 336 g/mol. The average Bonchev–Trinajstić information content (AvgIpc) is 2.80. The van der Waals surface area contributed by atoms with E-state index < -0.39 is 29.7 Å². The molecule has 0 fully saturated rings. The van der Waals surface area contributed by atoms with Gasteiger partial charge in [0.05, 0.1) is 11.1 Å². The van der Waals surface area contributed by atoms with Crippen LogP contribution in [-0.2, 0) is 9.59 Å². The molecule has 0 aromatic heterocycles. The first-order valence-electron chi connectivity index (χ1n) is 8.57. The summed E-state index contributed by atoms with van der Waals surface area (Å²) in [6.07, 6.45) is 0.824. The minimum Gasteiger partial charge on any atom is -0.480 e. The first-order valence-corrected chi connectivity index (χ1v) is 8.57. The molecule has 7 heteroatoms. The molecule has 3 amide bonds. The molecule has 0 bridgehead atoms. The van der Waals surface area contributed by atoms with Crippen LogP contribution in [0.15, 0.2) is 24.3 Å². The second kappa shape index (κ2) is 7.68. The fraction of sp³-hybridized carbons (Fsp3) is 0.474. The Morgan fingerprint density at radius 1 is 1.12 bits per heavy atom. The minimum atomic E-state index is -1.09. The summed E-state index contributed by atoms with van der Waals surface area (Å²) in [5, 5.41) is 11.7. The van der Waals surface area contributed by atoms with Gasteiger partial charge in [-0.3, -0.25) is 19.3 Å². The molecule has 1 aliphatic heterocycles. The van der Waals surface area contributed by atoms with Gasteiger partial charge >= 0.3 is 5.97 Å². The smallest absolute Gasteiger partial charge is 0.326 e. The molecule has 0 saturated heterocycles. The predicted molar refractivity (Wildman–Crippen MR) is 94.7 cm³/mol. The van der Waals surface area contributed by atoms with Crippen molar-refractivity contribution >= 4 is 23.7 Å². The number of carbonyl (C=O) groups excluding carboxylic acids is 3. The van der Waals surface area contributed by atoms with Crippen molar-refractivity contribution in [1.29, 1.82) is 0 Å². The van der Waals surface area contributed by atoms with Crippen LogP contribution in [0, 0.1) is 5.41 Å². The normalized spacial score (nSPS) is 15.0. The monoisotopic (exact) mass is 360 g/mol. The molecule has 0 saturated carbocycles. The number of carboxylic acids is 1. The van der Waals surface area contributed by atoms with Crippen molar-refractivity contribution in [3.05, 3.63) is 35.4 Å². The molecule has 1 aromatic carbocycles. The lowest BCUT2D eigenvalue weighted by atomic mass is 9.88. The minimum absolute atomic E-state index is 0.0431. The number of amides is 3. The van der Waals surface area contributed by atoms with Crippen molar-refractivity contribution in [2.24, 2.45) is 5.41 Å². The molecule has 1 unspecified atom stereocenters. The van der Waals surface area contributed by atoms with Gasteiger partial charge in [0.1, 0.15) is 6.04 Å². The van der Waals surface area contributed by atoms with Crippen LogP contribution >= 0.6 is 0 Å². The Bertz CT molecular complexity index is 701. The summed E-state index contributed by atoms with van der Waals surface area (Å²) in [7, 11) is 0. The van der Waals surface area contributed by atoms with Gasteiger partial charge in [0.15, 0.2) is 0 Å². The van der Waals surface area contributed by atoms with Crippen LogP contribution in [0.1, 0.15) is 60.7 Å². The fourth-order valence-electron chi connectivity index (χ4n) is 2.76. The van der Waals surface area contributed by atoms with Crippen LogP contribution < -0.4 is 5.32 Å². The first kappa shape index (κ1) is 19.6. The Hall–Kier alpha value is -2.70. The summed E-state index contributed by atoms with van der Waals surface area (Å²) in [6, 6.07) is 5.51. The number of nitrogens with one attached hydrogen (secondary N) is 1. The van der Waals surface area contributed by atoms with Gasteiger partial charge in [0.2, 0.25) is 5.91 Å². The van der Waals surface area contributed by atoms with Crippen molar-refractivity contribution < 1.29 is 24.3 Å². The highest BCUT2D eigenvalue weighted by Gasteiger charge is 2.35. The van der Waals surface area contributed by atoms with Crippen LogP contribution in [0.25, 0.3) is 0 Å². The summed E-state index contributed by atoms with van der Waals surface area (Å²) in [5.41, 5.74) is 0.608. The second-order valence-corrected chi connectivity index (χ2v) is 7.62. The van der Waals surface area contributed by atoms with E-state index in [0.717, 1.165) is 4.90 Å². The molecule has 1 heterocycles. The number of rotatable bonds is 7. The average molecular weight is 360 g/mol. The number of nitrogens with zero attached hydrogens (tertiary/aromatic N) is 1. The zero-order valence-electron chi connectivity index (χ0n) is 15.2. The van der Waals surface area contributed by atoms with E-state index in [1.54, 1.807) is 24.3 Å². The van der Waals surface area contributed by atoms with Crippen molar-refractivity contribution in [2.75, 3.05) is 6.54 Å². The topological polar surface area (TPSA) is 104 Å². The summed E-state index contributed by atoms with van der Waals surface area (Å²) in [5.74, 6) is -2.45. The van der Waals surface area contributed by atoms with Gasteiger partial charge in [-0.1, -0.05) is 32.9 Å². The SMILES string of the molecule is CC(C)(C)CCC(NC(=O)CCN1C(=O)c2ccccc2C1=O)C(=O)O. The van der Waals surface area contributed by atoms with Crippen LogP contribution in [0.5, 0.6) is 0 Å². The van der Waals surface area contributed by atoms with Gasteiger partial charge in [0.25, 0.3) is 11.8 Å². The highest BCUT2D eigenvalue weighted by molar-refractivity contribution is 6.21. The maximum absolute atomic E-state index is 12.2. The van der Waals surface area contributed by atoms with Crippen molar-refractivity contribution in [2.45, 2.75) is 46.1 Å². The van der Waals surface area contributed by atoms with Gasteiger partial charge in [-0.15, -0.1) is 0 Å². The molecule has 1 atom stereocenters. The van der Waals surface area contributed by atoms with Gasteiger partial charge in [-0.05, 0) is 30.4 Å². The number of hydrogen-bond acceptors (Lipinski definition) is 4. The Kier molecular flexibility index (Phi) is 5.79. The summed E-state index contributed by atoms with van der Waals surface area (Å²) in [4.78, 5) is 48.9. The first-order chi connectivity index (χ1) is 12.1. The van der Waals surface area contributed by atoms with E-state index in [4.69, 9.17) is 0 Å². The Labute approximate surface area is 152 Å². The van der Waals surface area contributed by atoms with E-state index in [1.807, 2.05) is 20.8 Å². The van der Waals surface area contributed by atoms with E-state index in [9.17, 15) is 24.3 Å². The third kappa shape index (κ3) is 4.68. The highest BCUT2D eigenvalue weighted by atomic mass is 16.4. The molecule has 140 valence electrons. The Morgan fingerprint density at radius 3 is 2.12 bits per heavy atom. The van der Waals surface area contributed by atoms with E-state index in [0.29, 0.717) is 24.0 Å². The van der Waals surface area contributed by atoms with Gasteiger partial charge < -0.3 is 10.4 Å². The Morgan fingerprint density at radius 2 is 1.65 bits per heavy atom. The van der Waals surface area contributed by atoms with Crippen LogP contribution in [0.4, 0.5) is 0 Å². The number of benzene rings is 1. The van der Waals surface area contributed by atoms with Gasteiger partial charge in [0, 0.05) is 13.0 Å². The van der Waals surface area contributed by atoms with Crippen LogP contribution in [-0.4, -0.2) is 46.3 Å². The second-order valence-electron chi connectivity index (χ2n) is 7.62. The number of carboxylic acid groups (broad SMARTS) is 1. The van der Waals surface area contributed by atoms with Crippen molar-refractivity contribution in [3.8, 4) is 0 Å². The van der Waals surface area contributed by atoms with Crippen molar-refractivity contribution in [1.82, 2.24) is 10.2 Å². The molecule has 26 heavy (non-hydrogen) atoms. The summed E-state index contributed by atoms with van der Waals surface area (Å²) in [6.45, 7) is 5.91. The van der Waals surface area contributed by atoms with Crippen molar-refractivity contribution in [3.63, 3.8) is 0 Å². The predicted octanol–water partition coefficient (Wildman–Crippen LogP) is 2.07. The van der Waals surface area contributed by atoms with Gasteiger partial charge in [-0.2, -0.15) is 0 Å². The van der Waals surface area contributed by atoms with Crippen LogP contribution in [0.3, 0.4) is 0 Å². The quantitative estimate of drug-likeness (QED) is 0.725. The molecule has 1 aliphatic rings. The number of hydrogen-bond donors (Lipinski definition) is 2. The lowest BCUT2D eigenvalue weighted by Crippen LogP contribution is -2.43. The molecule has 7 nitrogen and oxygen atoms in total. The zero-order valence-corrected chi connectivity index (χ0v) is 15.2.